The smallest absolute Gasteiger partial charge is 0.150 e. The average molecular weight is 176 g/mol. The Labute approximate surface area is 68.9 Å². The molecule has 0 spiro atoms. The molecule has 3 heteroatoms. The van der Waals surface area contributed by atoms with Crippen LogP contribution in [0.2, 0.25) is 0 Å². The van der Waals surface area contributed by atoms with E-state index in [1.165, 1.54) is 0 Å². The van der Waals surface area contributed by atoms with Crippen LogP contribution in [0, 0.1) is 11.3 Å². The second-order valence-corrected chi connectivity index (χ2v) is 6.86. The van der Waals surface area contributed by atoms with Gasteiger partial charge in [-0.15, -0.1) is 0 Å². The zero-order valence-corrected chi connectivity index (χ0v) is 8.24. The molecule has 0 N–H and O–H groups in total. The van der Waals surface area contributed by atoms with Crippen LogP contribution in [-0.4, -0.2) is 19.9 Å². The minimum Gasteiger partial charge on any atom is -0.229 e. The molecular formula is C8H16O2S. The molecule has 1 rings (SSSR count). The van der Waals surface area contributed by atoms with Gasteiger partial charge in [-0.1, -0.05) is 20.8 Å². The summed E-state index contributed by atoms with van der Waals surface area (Å²) >= 11 is 0. The highest BCUT2D eigenvalue weighted by atomic mass is 32.2. The second kappa shape index (κ2) is 2.47. The lowest BCUT2D eigenvalue weighted by Gasteiger charge is -2.31. The largest absolute Gasteiger partial charge is 0.229 e. The molecule has 1 aliphatic heterocycles. The molecule has 1 fully saturated rings. The van der Waals surface area contributed by atoms with Crippen molar-refractivity contribution in [1.82, 2.24) is 0 Å². The molecule has 0 aromatic carbocycles. The summed E-state index contributed by atoms with van der Waals surface area (Å²) in [4.78, 5) is 0. The summed E-state index contributed by atoms with van der Waals surface area (Å²) in [6.07, 6.45) is 1.03. The second-order valence-electron chi connectivity index (χ2n) is 4.71. The van der Waals surface area contributed by atoms with Crippen LogP contribution in [0.1, 0.15) is 27.2 Å². The van der Waals surface area contributed by atoms with Crippen LogP contribution in [0.25, 0.3) is 0 Å². The van der Waals surface area contributed by atoms with E-state index in [-0.39, 0.29) is 5.41 Å². The third-order valence-corrected chi connectivity index (χ3v) is 3.84. The summed E-state index contributed by atoms with van der Waals surface area (Å²) in [6.45, 7) is 6.45. The first-order chi connectivity index (χ1) is 4.79. The first-order valence-electron chi connectivity index (χ1n) is 3.99. The van der Waals surface area contributed by atoms with Gasteiger partial charge in [0.1, 0.15) is 0 Å². The zero-order valence-electron chi connectivity index (χ0n) is 7.42. The summed E-state index contributed by atoms with van der Waals surface area (Å²) < 4.78 is 21.6. The van der Waals surface area contributed by atoms with Crippen LogP contribution < -0.4 is 0 Å². The minimum absolute atomic E-state index is 0.278. The molecule has 0 radical (unpaired) electrons. The zero-order chi connectivity index (χ0) is 8.70. The first-order valence-corrected chi connectivity index (χ1v) is 5.81. The van der Waals surface area contributed by atoms with Gasteiger partial charge in [0.25, 0.3) is 0 Å². The molecule has 0 aromatic heterocycles. The van der Waals surface area contributed by atoms with E-state index in [9.17, 15) is 8.42 Å². The Bertz CT molecular complexity index is 221. The van der Waals surface area contributed by atoms with Gasteiger partial charge in [-0.25, -0.2) is 8.42 Å². The molecule has 2 nitrogen and oxygen atoms in total. The van der Waals surface area contributed by atoms with E-state index in [0.29, 0.717) is 17.4 Å². The molecule has 11 heavy (non-hydrogen) atoms. The first kappa shape index (κ1) is 9.04. The minimum atomic E-state index is -2.60. The topological polar surface area (TPSA) is 34.1 Å². The Morgan fingerprint density at radius 1 is 1.27 bits per heavy atom. The van der Waals surface area contributed by atoms with Gasteiger partial charge in [0, 0.05) is 0 Å². The Hall–Kier alpha value is -0.0500. The van der Waals surface area contributed by atoms with Gasteiger partial charge < -0.3 is 0 Å². The molecule has 0 aromatic rings. The molecule has 0 bridgehead atoms. The third kappa shape index (κ3) is 2.81. The van der Waals surface area contributed by atoms with E-state index in [4.69, 9.17) is 0 Å². The lowest BCUT2D eigenvalue weighted by molar-refractivity contribution is 0.310. The molecule has 1 saturated heterocycles. The van der Waals surface area contributed by atoms with Crippen LogP contribution in [-0.2, 0) is 9.84 Å². The van der Waals surface area contributed by atoms with Crippen molar-refractivity contribution >= 4 is 9.84 Å². The van der Waals surface area contributed by atoms with Crippen molar-refractivity contribution < 1.29 is 8.42 Å². The fraction of sp³-hybridized carbons (Fsp3) is 1.00. The molecule has 0 atom stereocenters. The molecule has 0 unspecified atom stereocenters. The van der Waals surface area contributed by atoms with Gasteiger partial charge in [-0.3, -0.25) is 0 Å². The maximum absolute atomic E-state index is 10.8. The Balaban J connectivity index is 2.36. The lowest BCUT2D eigenvalue weighted by atomic mass is 9.86. The van der Waals surface area contributed by atoms with Gasteiger partial charge >= 0.3 is 0 Å². The van der Waals surface area contributed by atoms with Gasteiger partial charge in [-0.05, 0) is 17.8 Å². The van der Waals surface area contributed by atoms with Gasteiger partial charge in [0.15, 0.2) is 9.84 Å². The monoisotopic (exact) mass is 176 g/mol. The molecule has 66 valence electrons. The Morgan fingerprint density at radius 3 is 2.00 bits per heavy atom. The number of sulfone groups is 1. The van der Waals surface area contributed by atoms with Crippen molar-refractivity contribution in [1.29, 1.82) is 0 Å². The molecule has 0 aliphatic carbocycles. The number of rotatable bonds is 1. The highest BCUT2D eigenvalue weighted by molar-refractivity contribution is 7.92. The Kier molecular flexibility index (Phi) is 2.03. The van der Waals surface area contributed by atoms with Gasteiger partial charge in [0.2, 0.25) is 0 Å². The van der Waals surface area contributed by atoms with Crippen molar-refractivity contribution in [2.45, 2.75) is 27.2 Å². The van der Waals surface area contributed by atoms with E-state index in [2.05, 4.69) is 20.8 Å². The van der Waals surface area contributed by atoms with Crippen LogP contribution >= 0.6 is 0 Å². The summed E-state index contributed by atoms with van der Waals surface area (Å²) in [7, 11) is -2.60. The highest BCUT2D eigenvalue weighted by Gasteiger charge is 2.35. The van der Waals surface area contributed by atoms with E-state index in [1.54, 1.807) is 0 Å². The van der Waals surface area contributed by atoms with Gasteiger partial charge in [-0.2, -0.15) is 0 Å². The lowest BCUT2D eigenvalue weighted by Crippen LogP contribution is -2.38. The van der Waals surface area contributed by atoms with Crippen LogP contribution in [0.4, 0.5) is 0 Å². The predicted molar refractivity (Wildman–Crippen MR) is 46.2 cm³/mol. The number of hydrogen-bond donors (Lipinski definition) is 0. The van der Waals surface area contributed by atoms with Crippen molar-refractivity contribution in [2.24, 2.45) is 11.3 Å². The third-order valence-electron chi connectivity index (χ3n) is 1.88. The normalized spacial score (nSPS) is 24.6. The van der Waals surface area contributed by atoms with Crippen molar-refractivity contribution in [3.8, 4) is 0 Å². The molecule has 1 heterocycles. The Morgan fingerprint density at radius 2 is 1.73 bits per heavy atom. The van der Waals surface area contributed by atoms with Crippen LogP contribution in [0.15, 0.2) is 0 Å². The molecular weight excluding hydrogens is 160 g/mol. The molecule has 1 aliphatic rings. The maximum Gasteiger partial charge on any atom is 0.150 e. The quantitative estimate of drug-likeness (QED) is 0.606. The summed E-state index contributed by atoms with van der Waals surface area (Å²) in [5.41, 5.74) is 0.278. The van der Waals surface area contributed by atoms with Crippen molar-refractivity contribution in [3.05, 3.63) is 0 Å². The van der Waals surface area contributed by atoms with Crippen LogP contribution in [0.3, 0.4) is 0 Å². The van der Waals surface area contributed by atoms with Crippen molar-refractivity contribution in [2.75, 3.05) is 11.5 Å². The van der Waals surface area contributed by atoms with E-state index < -0.39 is 9.84 Å². The van der Waals surface area contributed by atoms with E-state index in [1.807, 2.05) is 0 Å². The molecule has 0 amide bonds. The fourth-order valence-electron chi connectivity index (χ4n) is 1.65. The van der Waals surface area contributed by atoms with Crippen LogP contribution in [0.5, 0.6) is 0 Å². The van der Waals surface area contributed by atoms with E-state index in [0.717, 1.165) is 6.42 Å². The standard InChI is InChI=1S/C8H16O2S/c1-8(2,3)4-7-5-11(9,10)6-7/h7H,4-6H2,1-3H3. The summed E-state index contributed by atoms with van der Waals surface area (Å²) in [6, 6.07) is 0. The van der Waals surface area contributed by atoms with Gasteiger partial charge in [0.05, 0.1) is 11.5 Å². The maximum atomic E-state index is 10.8. The highest BCUT2D eigenvalue weighted by Crippen LogP contribution is 2.31. The van der Waals surface area contributed by atoms with Crippen molar-refractivity contribution in [3.63, 3.8) is 0 Å². The predicted octanol–water partition coefficient (Wildman–Crippen LogP) is 1.47. The SMILES string of the molecule is CC(C)(C)CC1CS(=O)(=O)C1. The summed E-state index contributed by atoms with van der Waals surface area (Å²) in [5.74, 6) is 1.27. The molecule has 0 saturated carbocycles. The average Bonchev–Trinajstić information content (AvgIpc) is 1.53. The summed E-state index contributed by atoms with van der Waals surface area (Å²) in [5, 5.41) is 0. The number of hydrogen-bond acceptors (Lipinski definition) is 2. The van der Waals surface area contributed by atoms with E-state index >= 15 is 0 Å². The fourth-order valence-corrected chi connectivity index (χ4v) is 3.23.